The van der Waals surface area contributed by atoms with E-state index in [1.54, 1.807) is 0 Å². The van der Waals surface area contributed by atoms with Crippen LogP contribution in [0.25, 0.3) is 76.8 Å². The van der Waals surface area contributed by atoms with Crippen molar-refractivity contribution in [3.05, 3.63) is 212 Å². The maximum absolute atomic E-state index is 6.45. The molecule has 0 bridgehead atoms. The average molecular weight is 714 g/mol. The van der Waals surface area contributed by atoms with Crippen molar-refractivity contribution >= 4 is 49.4 Å². The summed E-state index contributed by atoms with van der Waals surface area (Å²) in [4.78, 5) is 2.38. The van der Waals surface area contributed by atoms with Gasteiger partial charge >= 0.3 is 0 Å². The third kappa shape index (κ3) is 5.34. The lowest BCUT2D eigenvalue weighted by molar-refractivity contribution is 0.487. The minimum atomic E-state index is 0.896. The highest BCUT2D eigenvalue weighted by Crippen LogP contribution is 2.49. The van der Waals surface area contributed by atoms with Gasteiger partial charge < -0.3 is 9.64 Å². The second kappa shape index (κ2) is 13.2. The van der Waals surface area contributed by atoms with Crippen LogP contribution in [0.4, 0.5) is 17.1 Å². The Balaban J connectivity index is 1.07. The van der Waals surface area contributed by atoms with Crippen molar-refractivity contribution in [2.24, 2.45) is 0 Å². The standard InChI is InChI=1S/C54H35NO/c1-3-20-44-36(12-1)14-9-23-46(44)38-28-30-41(31-29-38)55(42-18-7-16-39(34-42)47-24-10-15-37-13-2-4-21-45(37)47)43-19-8-17-40(35-43)48-32-33-53-54-50(48)25-11-26-51(54)49-22-5-6-27-52(49)56-53/h1-35H. The van der Waals surface area contributed by atoms with E-state index in [1.165, 1.54) is 60.3 Å². The number of rotatable bonds is 6. The Hall–Kier alpha value is -7.42. The van der Waals surface area contributed by atoms with E-state index in [2.05, 4.69) is 205 Å². The molecule has 10 aromatic carbocycles. The van der Waals surface area contributed by atoms with Gasteiger partial charge in [0.15, 0.2) is 0 Å². The summed E-state index contributed by atoms with van der Waals surface area (Å²) >= 11 is 0. The number of anilines is 3. The molecule has 2 nitrogen and oxygen atoms in total. The van der Waals surface area contributed by atoms with Crippen molar-refractivity contribution in [2.75, 3.05) is 4.90 Å². The Morgan fingerprint density at radius 1 is 0.286 bits per heavy atom. The predicted octanol–water partition coefficient (Wildman–Crippen LogP) is 15.4. The number of ether oxygens (including phenoxy) is 1. The van der Waals surface area contributed by atoms with Crippen LogP contribution in [-0.4, -0.2) is 0 Å². The minimum Gasteiger partial charge on any atom is -0.456 e. The highest BCUT2D eigenvalue weighted by atomic mass is 16.5. The maximum atomic E-state index is 6.45. The molecule has 0 fully saturated rings. The summed E-state index contributed by atoms with van der Waals surface area (Å²) in [6.45, 7) is 0. The van der Waals surface area contributed by atoms with E-state index in [1.807, 2.05) is 12.1 Å². The maximum Gasteiger partial charge on any atom is 0.135 e. The van der Waals surface area contributed by atoms with Gasteiger partial charge in [-0.3, -0.25) is 0 Å². The molecule has 1 aliphatic heterocycles. The first-order valence-electron chi connectivity index (χ1n) is 19.2. The quantitative estimate of drug-likeness (QED) is 0.170. The molecule has 0 N–H and O–H groups in total. The van der Waals surface area contributed by atoms with Gasteiger partial charge in [-0.2, -0.15) is 0 Å². The summed E-state index contributed by atoms with van der Waals surface area (Å²) in [6.07, 6.45) is 0. The molecule has 1 heterocycles. The molecule has 0 amide bonds. The van der Waals surface area contributed by atoms with Gasteiger partial charge in [-0.15, -0.1) is 0 Å². The molecule has 0 spiro atoms. The topological polar surface area (TPSA) is 12.5 Å². The molecule has 0 atom stereocenters. The lowest BCUT2D eigenvalue weighted by Gasteiger charge is -2.27. The van der Waals surface area contributed by atoms with E-state index >= 15 is 0 Å². The number of fused-ring (bicyclic) bond motifs is 4. The SMILES string of the molecule is c1cc(-c2cccc3ccccc23)cc(N(c2ccc(-c3cccc4ccccc34)cc2)c2cccc(-c3ccc4c5c(cccc35)-c3ccccc3O4)c2)c1. The van der Waals surface area contributed by atoms with Gasteiger partial charge in [0.25, 0.3) is 0 Å². The molecule has 0 unspecified atom stereocenters. The van der Waals surface area contributed by atoms with Crippen LogP contribution >= 0.6 is 0 Å². The number of nitrogens with zero attached hydrogens (tertiary/aromatic N) is 1. The largest absolute Gasteiger partial charge is 0.456 e. The zero-order valence-electron chi connectivity index (χ0n) is 30.6. The van der Waals surface area contributed by atoms with E-state index < -0.39 is 0 Å². The van der Waals surface area contributed by atoms with E-state index in [0.717, 1.165) is 45.1 Å². The van der Waals surface area contributed by atoms with E-state index in [0.29, 0.717) is 0 Å². The van der Waals surface area contributed by atoms with Crippen molar-refractivity contribution in [1.82, 2.24) is 0 Å². The van der Waals surface area contributed by atoms with Crippen molar-refractivity contribution in [3.8, 4) is 56.0 Å². The molecule has 0 saturated carbocycles. The van der Waals surface area contributed by atoms with Gasteiger partial charge in [-0.25, -0.2) is 0 Å². The Morgan fingerprint density at radius 3 is 1.48 bits per heavy atom. The van der Waals surface area contributed by atoms with Crippen LogP contribution < -0.4 is 9.64 Å². The first-order chi connectivity index (χ1) is 27.8. The molecule has 0 aliphatic carbocycles. The lowest BCUT2D eigenvalue weighted by Crippen LogP contribution is -2.10. The summed E-state index contributed by atoms with van der Waals surface area (Å²) in [6, 6.07) is 76.5. The molecular weight excluding hydrogens is 679 g/mol. The third-order valence-electron chi connectivity index (χ3n) is 11.2. The van der Waals surface area contributed by atoms with Crippen LogP contribution in [0, 0.1) is 0 Å². The summed E-state index contributed by atoms with van der Waals surface area (Å²) in [5.74, 6) is 1.79. The average Bonchev–Trinajstić information content (AvgIpc) is 3.27. The number of hydrogen-bond acceptors (Lipinski definition) is 2. The number of benzene rings is 10. The predicted molar refractivity (Wildman–Crippen MR) is 235 cm³/mol. The zero-order valence-corrected chi connectivity index (χ0v) is 30.6. The van der Waals surface area contributed by atoms with E-state index in [9.17, 15) is 0 Å². The second-order valence-corrected chi connectivity index (χ2v) is 14.5. The Kier molecular flexibility index (Phi) is 7.53. The molecule has 262 valence electrons. The molecule has 1 aliphatic rings. The van der Waals surface area contributed by atoms with Gasteiger partial charge in [0.1, 0.15) is 11.5 Å². The number of hydrogen-bond donors (Lipinski definition) is 0. The molecule has 56 heavy (non-hydrogen) atoms. The van der Waals surface area contributed by atoms with Crippen molar-refractivity contribution in [2.45, 2.75) is 0 Å². The highest BCUT2D eigenvalue weighted by molar-refractivity contribution is 6.10. The molecule has 0 radical (unpaired) electrons. The van der Waals surface area contributed by atoms with Crippen molar-refractivity contribution in [1.29, 1.82) is 0 Å². The van der Waals surface area contributed by atoms with Gasteiger partial charge in [0.05, 0.1) is 0 Å². The number of para-hydroxylation sites is 1. The van der Waals surface area contributed by atoms with Crippen LogP contribution in [0.3, 0.4) is 0 Å². The first-order valence-corrected chi connectivity index (χ1v) is 19.2. The van der Waals surface area contributed by atoms with E-state index in [4.69, 9.17) is 4.74 Å². The Bertz CT molecular complexity index is 3110. The summed E-state index contributed by atoms with van der Waals surface area (Å²) in [5.41, 5.74) is 12.7. The Morgan fingerprint density at radius 2 is 0.786 bits per heavy atom. The molecule has 2 heteroatoms. The van der Waals surface area contributed by atoms with Gasteiger partial charge in [-0.05, 0) is 114 Å². The second-order valence-electron chi connectivity index (χ2n) is 14.5. The molecular formula is C54H35NO. The third-order valence-corrected chi connectivity index (χ3v) is 11.2. The molecule has 11 rings (SSSR count). The van der Waals surface area contributed by atoms with Crippen LogP contribution in [0.2, 0.25) is 0 Å². The van der Waals surface area contributed by atoms with Crippen LogP contribution in [0.1, 0.15) is 0 Å². The molecule has 10 aromatic rings. The fourth-order valence-electron chi connectivity index (χ4n) is 8.65. The minimum absolute atomic E-state index is 0.896. The smallest absolute Gasteiger partial charge is 0.135 e. The first kappa shape index (κ1) is 32.0. The van der Waals surface area contributed by atoms with Gasteiger partial charge in [0, 0.05) is 28.0 Å². The van der Waals surface area contributed by atoms with Crippen molar-refractivity contribution in [3.63, 3.8) is 0 Å². The lowest BCUT2D eigenvalue weighted by atomic mass is 9.90. The van der Waals surface area contributed by atoms with Crippen molar-refractivity contribution < 1.29 is 4.74 Å². The van der Waals surface area contributed by atoms with Crippen LogP contribution in [0.5, 0.6) is 11.5 Å². The molecule has 0 aromatic heterocycles. The Labute approximate surface area is 326 Å². The monoisotopic (exact) mass is 713 g/mol. The fraction of sp³-hybridized carbons (Fsp3) is 0. The van der Waals surface area contributed by atoms with Gasteiger partial charge in [0.2, 0.25) is 0 Å². The van der Waals surface area contributed by atoms with E-state index in [-0.39, 0.29) is 0 Å². The fourth-order valence-corrected chi connectivity index (χ4v) is 8.65. The van der Waals surface area contributed by atoms with Crippen LogP contribution in [-0.2, 0) is 0 Å². The molecule has 0 saturated heterocycles. The van der Waals surface area contributed by atoms with Crippen LogP contribution in [0.15, 0.2) is 212 Å². The normalized spacial score (nSPS) is 11.7. The summed E-state index contributed by atoms with van der Waals surface area (Å²) < 4.78 is 6.45. The summed E-state index contributed by atoms with van der Waals surface area (Å²) in [7, 11) is 0. The highest BCUT2D eigenvalue weighted by Gasteiger charge is 2.22. The van der Waals surface area contributed by atoms with Gasteiger partial charge in [-0.1, -0.05) is 164 Å². The zero-order chi connectivity index (χ0) is 37.0. The summed E-state index contributed by atoms with van der Waals surface area (Å²) in [5, 5.41) is 7.30.